The Labute approximate surface area is 106 Å². The first-order valence-corrected chi connectivity index (χ1v) is 7.15. The third-order valence-electron chi connectivity index (χ3n) is 2.16. The van der Waals surface area contributed by atoms with Crippen LogP contribution in [-0.4, -0.2) is 5.11 Å². The molecule has 0 amide bonds. The summed E-state index contributed by atoms with van der Waals surface area (Å²) in [6, 6.07) is 8.04. The van der Waals surface area contributed by atoms with Crippen LogP contribution in [0.15, 0.2) is 28.1 Å². The number of hydrogen-bond donors (Lipinski definition) is 1. The van der Waals surface area contributed by atoms with E-state index >= 15 is 0 Å². The molecule has 1 nitrogen and oxygen atoms in total. The fourth-order valence-electron chi connectivity index (χ4n) is 1.35. The van der Waals surface area contributed by atoms with Gasteiger partial charge in [-0.3, -0.25) is 0 Å². The lowest BCUT2D eigenvalue weighted by molar-refractivity contribution is 0.228. The van der Waals surface area contributed by atoms with Crippen molar-refractivity contribution >= 4 is 38.6 Å². The zero-order valence-electron chi connectivity index (χ0n) is 8.24. The molecule has 15 heavy (non-hydrogen) atoms. The average Bonchev–Trinajstić information content (AvgIpc) is 2.84. The monoisotopic (exact) mass is 302 g/mol. The standard InChI is InChI=1S/C11H11BrOS2/c1-2-7-3-4-8(14-7)11(13)9-5-6-10(12)15-9/h3-6,11,13H,2H2,1H3. The molecule has 2 rings (SSSR count). The van der Waals surface area contributed by atoms with Gasteiger partial charge in [-0.15, -0.1) is 22.7 Å². The summed E-state index contributed by atoms with van der Waals surface area (Å²) in [6.45, 7) is 2.13. The number of hydrogen-bond acceptors (Lipinski definition) is 3. The first-order chi connectivity index (χ1) is 7.20. The fourth-order valence-corrected chi connectivity index (χ4v) is 3.81. The molecule has 0 aliphatic rings. The lowest BCUT2D eigenvalue weighted by Gasteiger charge is -2.04. The van der Waals surface area contributed by atoms with E-state index in [0.29, 0.717) is 0 Å². The van der Waals surface area contributed by atoms with E-state index in [4.69, 9.17) is 0 Å². The molecule has 0 bridgehead atoms. The van der Waals surface area contributed by atoms with Crippen molar-refractivity contribution < 1.29 is 5.11 Å². The second-order valence-electron chi connectivity index (χ2n) is 3.20. The maximum atomic E-state index is 10.1. The van der Waals surface area contributed by atoms with Crippen LogP contribution in [0.25, 0.3) is 0 Å². The van der Waals surface area contributed by atoms with Crippen molar-refractivity contribution in [2.75, 3.05) is 0 Å². The SMILES string of the molecule is CCc1ccc(C(O)c2ccc(Br)s2)s1. The van der Waals surface area contributed by atoms with E-state index in [1.807, 2.05) is 18.2 Å². The molecular formula is C11H11BrOS2. The fraction of sp³-hybridized carbons (Fsp3) is 0.273. The number of aliphatic hydroxyl groups excluding tert-OH is 1. The Hall–Kier alpha value is -0.160. The Morgan fingerprint density at radius 3 is 2.40 bits per heavy atom. The largest absolute Gasteiger partial charge is 0.382 e. The quantitative estimate of drug-likeness (QED) is 0.900. The predicted molar refractivity (Wildman–Crippen MR) is 69.8 cm³/mol. The van der Waals surface area contributed by atoms with Crippen molar-refractivity contribution in [1.82, 2.24) is 0 Å². The van der Waals surface area contributed by atoms with Gasteiger partial charge in [-0.05, 0) is 46.6 Å². The van der Waals surface area contributed by atoms with E-state index in [-0.39, 0.29) is 0 Å². The van der Waals surface area contributed by atoms with Crippen LogP contribution in [0.1, 0.15) is 27.7 Å². The topological polar surface area (TPSA) is 20.2 Å². The van der Waals surface area contributed by atoms with Gasteiger partial charge < -0.3 is 5.11 Å². The first kappa shape index (κ1) is 11.3. The van der Waals surface area contributed by atoms with Crippen molar-refractivity contribution in [1.29, 1.82) is 0 Å². The molecule has 0 aliphatic carbocycles. The second kappa shape index (κ2) is 4.78. The van der Waals surface area contributed by atoms with Crippen molar-refractivity contribution in [3.05, 3.63) is 42.7 Å². The summed E-state index contributed by atoms with van der Waals surface area (Å²) in [4.78, 5) is 3.34. The van der Waals surface area contributed by atoms with Gasteiger partial charge in [0.25, 0.3) is 0 Å². The van der Waals surface area contributed by atoms with Crippen molar-refractivity contribution in [2.24, 2.45) is 0 Å². The van der Waals surface area contributed by atoms with Crippen LogP contribution in [0, 0.1) is 0 Å². The Morgan fingerprint density at radius 2 is 1.87 bits per heavy atom. The molecule has 2 aromatic rings. The van der Waals surface area contributed by atoms with Gasteiger partial charge in [0.05, 0.1) is 3.79 Å². The predicted octanol–water partition coefficient (Wildman–Crippen LogP) is 4.22. The molecule has 1 N–H and O–H groups in total. The van der Waals surface area contributed by atoms with E-state index in [1.165, 1.54) is 4.88 Å². The molecule has 0 radical (unpaired) electrons. The molecule has 0 saturated heterocycles. The Bertz CT molecular complexity index is 447. The van der Waals surface area contributed by atoms with Crippen LogP contribution in [0.5, 0.6) is 0 Å². The van der Waals surface area contributed by atoms with Crippen LogP contribution in [0.3, 0.4) is 0 Å². The third-order valence-corrected chi connectivity index (χ3v) is 5.12. The summed E-state index contributed by atoms with van der Waals surface area (Å²) in [5.74, 6) is 0. The van der Waals surface area contributed by atoms with E-state index in [9.17, 15) is 5.11 Å². The van der Waals surface area contributed by atoms with Crippen molar-refractivity contribution in [3.8, 4) is 0 Å². The van der Waals surface area contributed by atoms with Crippen LogP contribution in [-0.2, 0) is 6.42 Å². The molecule has 0 fully saturated rings. The molecule has 4 heteroatoms. The summed E-state index contributed by atoms with van der Waals surface area (Å²) in [7, 11) is 0. The summed E-state index contributed by atoms with van der Waals surface area (Å²) in [6.07, 6.45) is 0.567. The minimum absolute atomic E-state index is 0.466. The zero-order valence-corrected chi connectivity index (χ0v) is 11.5. The highest BCUT2D eigenvalue weighted by atomic mass is 79.9. The van der Waals surface area contributed by atoms with Crippen molar-refractivity contribution in [3.63, 3.8) is 0 Å². The molecule has 1 atom stereocenters. The molecule has 0 aliphatic heterocycles. The summed E-state index contributed by atoms with van der Waals surface area (Å²) in [5, 5.41) is 10.1. The highest BCUT2D eigenvalue weighted by Crippen LogP contribution is 2.34. The summed E-state index contributed by atoms with van der Waals surface area (Å²) < 4.78 is 1.06. The molecule has 0 saturated carbocycles. The van der Waals surface area contributed by atoms with E-state index in [0.717, 1.165) is 20.0 Å². The van der Waals surface area contributed by atoms with Gasteiger partial charge in [0, 0.05) is 14.6 Å². The van der Waals surface area contributed by atoms with Gasteiger partial charge in [-0.1, -0.05) is 6.92 Å². The molecule has 80 valence electrons. The minimum Gasteiger partial charge on any atom is -0.382 e. The van der Waals surface area contributed by atoms with Gasteiger partial charge >= 0.3 is 0 Å². The highest BCUT2D eigenvalue weighted by molar-refractivity contribution is 9.11. The van der Waals surface area contributed by atoms with Gasteiger partial charge in [0.15, 0.2) is 0 Å². The first-order valence-electron chi connectivity index (χ1n) is 4.72. The lowest BCUT2D eigenvalue weighted by atomic mass is 10.2. The lowest BCUT2D eigenvalue weighted by Crippen LogP contribution is -1.92. The van der Waals surface area contributed by atoms with E-state index in [1.54, 1.807) is 22.7 Å². The number of rotatable bonds is 3. The van der Waals surface area contributed by atoms with Crippen LogP contribution >= 0.6 is 38.6 Å². The van der Waals surface area contributed by atoms with Gasteiger partial charge in [0.2, 0.25) is 0 Å². The maximum Gasteiger partial charge on any atom is 0.122 e. The molecule has 0 aromatic carbocycles. The Morgan fingerprint density at radius 1 is 1.20 bits per heavy atom. The number of aryl methyl sites for hydroxylation is 1. The van der Waals surface area contributed by atoms with E-state index in [2.05, 4.69) is 28.9 Å². The van der Waals surface area contributed by atoms with Gasteiger partial charge in [0.1, 0.15) is 6.10 Å². The highest BCUT2D eigenvalue weighted by Gasteiger charge is 2.14. The third kappa shape index (κ3) is 2.50. The summed E-state index contributed by atoms with van der Waals surface area (Å²) >= 11 is 6.67. The summed E-state index contributed by atoms with van der Waals surface area (Å²) in [5.41, 5.74) is 0. The van der Waals surface area contributed by atoms with Crippen LogP contribution in [0.4, 0.5) is 0 Å². The normalized spacial score (nSPS) is 13.0. The molecule has 2 heterocycles. The van der Waals surface area contributed by atoms with E-state index < -0.39 is 6.10 Å². The molecule has 1 unspecified atom stereocenters. The molecule has 2 aromatic heterocycles. The van der Waals surface area contributed by atoms with Gasteiger partial charge in [-0.25, -0.2) is 0 Å². The zero-order chi connectivity index (χ0) is 10.8. The average molecular weight is 303 g/mol. The van der Waals surface area contributed by atoms with Crippen LogP contribution < -0.4 is 0 Å². The van der Waals surface area contributed by atoms with Crippen molar-refractivity contribution in [2.45, 2.75) is 19.4 Å². The Balaban J connectivity index is 2.23. The van der Waals surface area contributed by atoms with Crippen LogP contribution in [0.2, 0.25) is 0 Å². The number of halogens is 1. The second-order valence-corrected chi connectivity index (χ2v) is 6.90. The smallest absolute Gasteiger partial charge is 0.122 e. The maximum absolute atomic E-state index is 10.1. The molecule has 0 spiro atoms. The Kier molecular flexibility index (Phi) is 3.61. The number of thiophene rings is 2. The van der Waals surface area contributed by atoms with Gasteiger partial charge in [-0.2, -0.15) is 0 Å². The molecular weight excluding hydrogens is 292 g/mol. The minimum atomic E-state index is -0.466. The number of aliphatic hydroxyl groups is 1.